The molecule has 5 aromatic rings. The third kappa shape index (κ3) is 7.52. The number of rotatable bonds is 12. The normalized spacial score (nSPS) is 15.4. The molecule has 1 N–H and O–H groups in total. The van der Waals surface area contributed by atoms with E-state index in [0.717, 1.165) is 38.9 Å². The Morgan fingerprint density at radius 2 is 1.72 bits per heavy atom. The highest BCUT2D eigenvalue weighted by Gasteiger charge is 2.31. The maximum atomic E-state index is 11.8. The fraction of sp³-hybridized carbons (Fsp3) is 0.342. The molecule has 0 aliphatic carbocycles. The van der Waals surface area contributed by atoms with Crippen LogP contribution in [-0.4, -0.2) is 68.8 Å². The number of nitrogens with zero attached hydrogens (tertiary/aromatic N) is 4. The number of anilines is 3. The summed E-state index contributed by atoms with van der Waals surface area (Å²) in [7, 11) is -1.36. The Bertz CT molecular complexity index is 2100. The maximum Gasteiger partial charge on any atom is 0.187 e. The minimum absolute atomic E-state index is 0.142. The van der Waals surface area contributed by atoms with Crippen molar-refractivity contribution >= 4 is 37.9 Å². The summed E-state index contributed by atoms with van der Waals surface area (Å²) in [5.41, 5.74) is 4.85. The van der Waals surface area contributed by atoms with Crippen molar-refractivity contribution in [2.24, 2.45) is 5.92 Å². The molecule has 2 aliphatic rings. The summed E-state index contributed by atoms with van der Waals surface area (Å²) in [5.74, 6) is 3.90. The fourth-order valence-corrected chi connectivity index (χ4v) is 7.58. The van der Waals surface area contributed by atoms with Gasteiger partial charge in [-0.25, -0.2) is 23.4 Å². The van der Waals surface area contributed by atoms with Gasteiger partial charge in [-0.05, 0) is 71.0 Å². The molecule has 2 fully saturated rings. The van der Waals surface area contributed by atoms with Crippen LogP contribution in [0.15, 0.2) is 79.1 Å². The zero-order chi connectivity index (χ0) is 34.8. The largest absolute Gasteiger partial charge is 0.497 e. The zero-order valence-corrected chi connectivity index (χ0v) is 29.4. The molecule has 0 bridgehead atoms. The molecule has 2 aliphatic heterocycles. The van der Waals surface area contributed by atoms with Crippen molar-refractivity contribution in [3.05, 3.63) is 95.8 Å². The summed E-state index contributed by atoms with van der Waals surface area (Å²) >= 11 is 0. The van der Waals surface area contributed by atoms with Gasteiger partial charge in [-0.1, -0.05) is 32.0 Å². The summed E-state index contributed by atoms with van der Waals surface area (Å²) in [5, 5.41) is 5.53. The van der Waals surface area contributed by atoms with Gasteiger partial charge in [0.15, 0.2) is 12.1 Å². The highest BCUT2D eigenvalue weighted by molar-refractivity contribution is 7.90. The average molecular weight is 696 g/mol. The van der Waals surface area contributed by atoms with E-state index >= 15 is 0 Å². The highest BCUT2D eigenvalue weighted by Crippen LogP contribution is 2.38. The third-order valence-electron chi connectivity index (χ3n) is 8.98. The van der Waals surface area contributed by atoms with E-state index in [0.29, 0.717) is 62.0 Å². The van der Waals surface area contributed by atoms with Gasteiger partial charge in [-0.2, -0.15) is 0 Å². The van der Waals surface area contributed by atoms with Crippen LogP contribution in [0, 0.1) is 5.92 Å². The van der Waals surface area contributed by atoms with E-state index in [1.54, 1.807) is 13.3 Å². The first-order chi connectivity index (χ1) is 24.1. The summed E-state index contributed by atoms with van der Waals surface area (Å²) < 4.78 is 46.8. The van der Waals surface area contributed by atoms with E-state index in [2.05, 4.69) is 47.2 Å². The van der Waals surface area contributed by atoms with Gasteiger partial charge in [-0.15, -0.1) is 0 Å². The number of aromatic nitrogens is 3. The summed E-state index contributed by atoms with van der Waals surface area (Å²) in [6.07, 6.45) is 4.36. The lowest BCUT2D eigenvalue weighted by atomic mass is 9.93. The monoisotopic (exact) mass is 695 g/mol. The molecule has 0 saturated carbocycles. The molecule has 11 nitrogen and oxygen atoms in total. The Hall–Kier alpha value is -4.78. The second-order valence-corrected chi connectivity index (χ2v) is 15.3. The van der Waals surface area contributed by atoms with E-state index in [9.17, 15) is 8.42 Å². The van der Waals surface area contributed by atoms with Crippen molar-refractivity contribution in [1.29, 1.82) is 0 Å². The van der Waals surface area contributed by atoms with Gasteiger partial charge >= 0.3 is 0 Å². The molecular formula is C38H41N5O6S. The number of ether oxygens (including phenoxy) is 4. The molecule has 4 heterocycles. The molecule has 0 radical (unpaired) electrons. The van der Waals surface area contributed by atoms with Gasteiger partial charge < -0.3 is 29.2 Å². The van der Waals surface area contributed by atoms with Crippen LogP contribution < -0.4 is 19.7 Å². The van der Waals surface area contributed by atoms with Gasteiger partial charge in [0, 0.05) is 54.3 Å². The van der Waals surface area contributed by atoms with Gasteiger partial charge in [0.05, 0.1) is 31.6 Å². The van der Waals surface area contributed by atoms with Crippen LogP contribution in [0.3, 0.4) is 0 Å². The Labute approximate surface area is 292 Å². The predicted octanol–water partition coefficient (Wildman–Crippen LogP) is 6.67. The molecule has 0 spiro atoms. The van der Waals surface area contributed by atoms with Crippen LogP contribution in [0.25, 0.3) is 22.2 Å². The van der Waals surface area contributed by atoms with Crippen molar-refractivity contribution in [3.63, 3.8) is 0 Å². The van der Waals surface area contributed by atoms with Gasteiger partial charge in [0.2, 0.25) is 0 Å². The average Bonchev–Trinajstić information content (AvgIpc) is 3.63. The molecule has 0 unspecified atom stereocenters. The first-order valence-corrected chi connectivity index (χ1v) is 18.8. The van der Waals surface area contributed by atoms with Crippen LogP contribution in [0.2, 0.25) is 0 Å². The minimum atomic E-state index is -3.01. The van der Waals surface area contributed by atoms with Crippen molar-refractivity contribution in [3.8, 4) is 22.9 Å². The van der Waals surface area contributed by atoms with Crippen LogP contribution in [-0.2, 0) is 25.9 Å². The first kappa shape index (κ1) is 33.7. The quantitative estimate of drug-likeness (QED) is 0.150. The second kappa shape index (κ2) is 14.2. The van der Waals surface area contributed by atoms with Crippen LogP contribution >= 0.6 is 0 Å². The lowest BCUT2D eigenvalue weighted by Crippen LogP contribution is -2.49. The van der Waals surface area contributed by atoms with Crippen molar-refractivity contribution in [2.75, 3.05) is 55.6 Å². The highest BCUT2D eigenvalue weighted by atomic mass is 32.2. The fourth-order valence-electron chi connectivity index (χ4n) is 6.52. The Morgan fingerprint density at radius 1 is 0.940 bits per heavy atom. The summed E-state index contributed by atoms with van der Waals surface area (Å²) in [4.78, 5) is 16.4. The van der Waals surface area contributed by atoms with E-state index in [1.807, 2.05) is 54.7 Å². The molecule has 12 heteroatoms. The first-order valence-electron chi connectivity index (χ1n) is 16.7. The number of fused-ring (bicyclic) bond motifs is 1. The van der Waals surface area contributed by atoms with Crippen LogP contribution in [0.4, 0.5) is 17.3 Å². The molecule has 50 heavy (non-hydrogen) atoms. The minimum Gasteiger partial charge on any atom is -0.497 e. The molecule has 0 amide bonds. The zero-order valence-electron chi connectivity index (χ0n) is 28.6. The second-order valence-electron chi connectivity index (χ2n) is 13.2. The Morgan fingerprint density at radius 3 is 2.44 bits per heavy atom. The van der Waals surface area contributed by atoms with E-state index in [1.165, 1.54) is 11.8 Å². The standard InChI is InChI=1S/C38H41N5O6S/c1-24(2)29-10-11-33(43-20-26(21-43)23-50(4,44)45)32-19-40-36(18-30(29)32)41-35-13-14-39-37(42-35)27-7-12-34(31(17-27)38-47-15-16-48-38)49-22-25-5-8-28(46-3)9-6-25/h5-14,17-19,24,26,38H,15-16,20-23H2,1-4H3,(H,39,40,41,42). The topological polar surface area (TPSA) is 125 Å². The maximum absolute atomic E-state index is 11.8. The van der Waals surface area contributed by atoms with Crippen LogP contribution in [0.5, 0.6) is 11.5 Å². The Balaban J connectivity index is 1.12. The Kier molecular flexibility index (Phi) is 9.58. The van der Waals surface area contributed by atoms with E-state index in [4.69, 9.17) is 28.9 Å². The predicted molar refractivity (Wildman–Crippen MR) is 194 cm³/mol. The van der Waals surface area contributed by atoms with Gasteiger partial charge in [0.1, 0.15) is 39.6 Å². The molecule has 2 saturated heterocycles. The van der Waals surface area contributed by atoms with Gasteiger partial charge in [0.25, 0.3) is 0 Å². The number of methoxy groups -OCH3 is 1. The number of hydrogen-bond donors (Lipinski definition) is 1. The van der Waals surface area contributed by atoms with E-state index in [-0.39, 0.29) is 11.7 Å². The SMILES string of the molecule is COc1ccc(COc2ccc(-c3nccc(Nc4cc5c(C(C)C)ccc(N6CC(CS(C)(=O)=O)C6)c5cn4)n3)cc2C2OCCO2)cc1. The summed E-state index contributed by atoms with van der Waals surface area (Å²) in [6, 6.07) is 21.7. The van der Waals surface area contributed by atoms with Crippen molar-refractivity contribution in [2.45, 2.75) is 32.7 Å². The smallest absolute Gasteiger partial charge is 0.187 e. The molecular weight excluding hydrogens is 655 g/mol. The van der Waals surface area contributed by atoms with Gasteiger partial charge in [-0.3, -0.25) is 0 Å². The third-order valence-corrected chi connectivity index (χ3v) is 10.1. The molecule has 3 aromatic carbocycles. The number of hydrogen-bond acceptors (Lipinski definition) is 11. The lowest BCUT2D eigenvalue weighted by molar-refractivity contribution is -0.0458. The molecule has 0 atom stereocenters. The number of benzene rings is 3. The number of sulfone groups is 1. The molecule has 2 aromatic heterocycles. The number of nitrogens with one attached hydrogen (secondary N) is 1. The lowest BCUT2D eigenvalue weighted by Gasteiger charge is -2.41. The van der Waals surface area contributed by atoms with Crippen LogP contribution in [0.1, 0.15) is 42.7 Å². The van der Waals surface area contributed by atoms with E-state index < -0.39 is 16.1 Å². The van der Waals surface area contributed by atoms with Crippen molar-refractivity contribution in [1.82, 2.24) is 15.0 Å². The molecule has 260 valence electrons. The summed E-state index contributed by atoms with van der Waals surface area (Å²) in [6.45, 7) is 7.16. The number of pyridine rings is 1. The molecule has 7 rings (SSSR count). The van der Waals surface area contributed by atoms with Crippen molar-refractivity contribution < 1.29 is 27.4 Å².